The highest BCUT2D eigenvalue weighted by Crippen LogP contribution is 2.15. The maximum Gasteiger partial charge on any atom is 0.246 e. The first-order chi connectivity index (χ1) is 11.3. The van der Waals surface area contributed by atoms with E-state index in [2.05, 4.69) is 15.4 Å². The minimum Gasteiger partial charge on any atom is -0.341 e. The van der Waals surface area contributed by atoms with Gasteiger partial charge in [-0.15, -0.1) is 0 Å². The van der Waals surface area contributed by atoms with E-state index in [0.717, 1.165) is 32.5 Å². The number of rotatable bonds is 5. The molecule has 2 amide bonds. The van der Waals surface area contributed by atoms with E-state index in [1.54, 1.807) is 15.9 Å². The minimum atomic E-state index is -0.347. The van der Waals surface area contributed by atoms with E-state index in [9.17, 15) is 9.59 Å². The number of carbonyl (C=O) groups excluding carboxylic acids is 2. The first-order valence-electron chi connectivity index (χ1n) is 8.37. The number of nitrogens with one attached hydrogen (secondary N) is 1. The van der Waals surface area contributed by atoms with Gasteiger partial charge in [-0.2, -0.15) is 5.10 Å². The normalized spacial score (nSPS) is 21.7. The number of amides is 2. The molecule has 2 saturated heterocycles. The summed E-state index contributed by atoms with van der Waals surface area (Å²) in [5.74, 6) is 0.156. The molecule has 126 valence electrons. The van der Waals surface area contributed by atoms with Crippen molar-refractivity contribution >= 4 is 11.8 Å². The van der Waals surface area contributed by atoms with Crippen molar-refractivity contribution in [2.75, 3.05) is 32.7 Å². The van der Waals surface area contributed by atoms with Crippen molar-refractivity contribution in [1.29, 1.82) is 0 Å². The van der Waals surface area contributed by atoms with Gasteiger partial charge in [0.05, 0.1) is 0 Å². The van der Waals surface area contributed by atoms with Crippen molar-refractivity contribution in [2.45, 2.75) is 38.3 Å². The van der Waals surface area contributed by atoms with Crippen LogP contribution >= 0.6 is 0 Å². The van der Waals surface area contributed by atoms with Crippen LogP contribution in [-0.2, 0) is 16.1 Å². The van der Waals surface area contributed by atoms with Gasteiger partial charge in [-0.25, -0.2) is 4.98 Å². The van der Waals surface area contributed by atoms with E-state index in [1.807, 2.05) is 4.90 Å². The second kappa shape index (κ2) is 7.54. The molecule has 2 fully saturated rings. The van der Waals surface area contributed by atoms with Gasteiger partial charge in [-0.3, -0.25) is 14.3 Å². The van der Waals surface area contributed by atoms with Gasteiger partial charge in [-0.1, -0.05) is 0 Å². The van der Waals surface area contributed by atoms with E-state index in [1.165, 1.54) is 6.33 Å². The molecule has 2 aliphatic heterocycles. The molecule has 1 atom stereocenters. The Labute approximate surface area is 135 Å². The van der Waals surface area contributed by atoms with Gasteiger partial charge in [0, 0.05) is 45.7 Å². The fraction of sp³-hybridized carbons (Fsp3) is 0.733. The van der Waals surface area contributed by atoms with Crippen LogP contribution in [0.1, 0.15) is 25.7 Å². The molecule has 3 rings (SSSR count). The third-order valence-electron chi connectivity index (χ3n) is 4.51. The topological polar surface area (TPSA) is 83.4 Å². The van der Waals surface area contributed by atoms with E-state index in [4.69, 9.17) is 0 Å². The second-order valence-electron chi connectivity index (χ2n) is 6.10. The van der Waals surface area contributed by atoms with Crippen LogP contribution in [0.15, 0.2) is 12.7 Å². The number of likely N-dealkylation sites (tertiary alicyclic amines) is 1. The Kier molecular flexibility index (Phi) is 5.22. The summed E-state index contributed by atoms with van der Waals surface area (Å²) in [7, 11) is 0. The van der Waals surface area contributed by atoms with Crippen LogP contribution in [0, 0.1) is 0 Å². The zero-order chi connectivity index (χ0) is 16.1. The van der Waals surface area contributed by atoms with E-state index >= 15 is 0 Å². The molecule has 8 heteroatoms. The zero-order valence-corrected chi connectivity index (χ0v) is 13.4. The summed E-state index contributed by atoms with van der Waals surface area (Å²) < 4.78 is 1.72. The van der Waals surface area contributed by atoms with Crippen LogP contribution in [0.25, 0.3) is 0 Å². The fourth-order valence-corrected chi connectivity index (χ4v) is 3.26. The van der Waals surface area contributed by atoms with Gasteiger partial charge in [0.1, 0.15) is 18.7 Å². The molecule has 0 saturated carbocycles. The van der Waals surface area contributed by atoms with Gasteiger partial charge in [-0.05, 0) is 19.3 Å². The zero-order valence-electron chi connectivity index (χ0n) is 13.4. The molecule has 1 unspecified atom stereocenters. The quantitative estimate of drug-likeness (QED) is 0.789. The lowest BCUT2D eigenvalue weighted by molar-refractivity contribution is -0.146. The van der Waals surface area contributed by atoms with Crippen LogP contribution in [0.4, 0.5) is 0 Å². The van der Waals surface area contributed by atoms with E-state index in [0.29, 0.717) is 32.5 Å². The fourth-order valence-electron chi connectivity index (χ4n) is 3.26. The number of carbonyl (C=O) groups is 2. The smallest absolute Gasteiger partial charge is 0.246 e. The van der Waals surface area contributed by atoms with E-state index < -0.39 is 0 Å². The third kappa shape index (κ3) is 3.87. The molecular weight excluding hydrogens is 296 g/mol. The molecule has 1 N–H and O–H groups in total. The summed E-state index contributed by atoms with van der Waals surface area (Å²) in [4.78, 5) is 32.7. The minimum absolute atomic E-state index is 0.0594. The number of aryl methyl sites for hydroxylation is 1. The monoisotopic (exact) mass is 320 g/mol. The summed E-state index contributed by atoms with van der Waals surface area (Å²) in [5.41, 5.74) is 0. The molecule has 0 aliphatic carbocycles. The molecule has 2 aliphatic rings. The molecule has 0 spiro atoms. The Hall–Kier alpha value is -1.96. The van der Waals surface area contributed by atoms with Gasteiger partial charge in [0.2, 0.25) is 11.8 Å². The standard InChI is InChI=1S/C15H24N6O2/c22-14(4-3-8-20-12-17-11-18-20)21-9-5-16-10-13(21)15(23)19-6-1-2-7-19/h11-13,16H,1-10H2. The molecule has 8 nitrogen and oxygen atoms in total. The summed E-state index contributed by atoms with van der Waals surface area (Å²) in [6.07, 6.45) is 6.41. The van der Waals surface area contributed by atoms with Crippen molar-refractivity contribution in [1.82, 2.24) is 29.9 Å². The number of aromatic nitrogens is 3. The highest BCUT2D eigenvalue weighted by atomic mass is 16.2. The summed E-state index contributed by atoms with van der Waals surface area (Å²) in [6.45, 7) is 4.23. The first-order valence-corrected chi connectivity index (χ1v) is 8.37. The molecule has 0 radical (unpaired) electrons. The highest BCUT2D eigenvalue weighted by Gasteiger charge is 2.35. The summed E-state index contributed by atoms with van der Waals surface area (Å²) in [6, 6.07) is -0.347. The lowest BCUT2D eigenvalue weighted by atomic mass is 10.1. The number of piperazine rings is 1. The maximum absolute atomic E-state index is 12.6. The predicted octanol–water partition coefficient (Wildman–Crippen LogP) is -0.519. The highest BCUT2D eigenvalue weighted by molar-refractivity contribution is 5.88. The molecule has 0 bridgehead atoms. The Balaban J connectivity index is 1.54. The lowest BCUT2D eigenvalue weighted by Crippen LogP contribution is -2.59. The Morgan fingerprint density at radius 2 is 2.04 bits per heavy atom. The summed E-state index contributed by atoms with van der Waals surface area (Å²) in [5, 5.41) is 7.27. The number of nitrogens with zero attached hydrogens (tertiary/aromatic N) is 5. The first kappa shape index (κ1) is 15.9. The van der Waals surface area contributed by atoms with Crippen molar-refractivity contribution < 1.29 is 9.59 Å². The van der Waals surface area contributed by atoms with Crippen LogP contribution in [-0.4, -0.2) is 75.1 Å². The Morgan fingerprint density at radius 3 is 2.78 bits per heavy atom. The van der Waals surface area contributed by atoms with Gasteiger partial charge in [0.25, 0.3) is 0 Å². The van der Waals surface area contributed by atoms with Crippen molar-refractivity contribution in [3.8, 4) is 0 Å². The summed E-state index contributed by atoms with van der Waals surface area (Å²) >= 11 is 0. The lowest BCUT2D eigenvalue weighted by Gasteiger charge is -2.37. The van der Waals surface area contributed by atoms with Crippen LogP contribution in [0.5, 0.6) is 0 Å². The van der Waals surface area contributed by atoms with Crippen molar-refractivity contribution in [2.24, 2.45) is 0 Å². The Bertz CT molecular complexity index is 526. The molecule has 1 aromatic heterocycles. The average molecular weight is 320 g/mol. The number of hydrogen-bond donors (Lipinski definition) is 1. The van der Waals surface area contributed by atoms with Crippen LogP contribution < -0.4 is 5.32 Å². The van der Waals surface area contributed by atoms with E-state index in [-0.39, 0.29) is 17.9 Å². The molecule has 3 heterocycles. The van der Waals surface area contributed by atoms with Crippen molar-refractivity contribution in [3.05, 3.63) is 12.7 Å². The molecule has 23 heavy (non-hydrogen) atoms. The predicted molar refractivity (Wildman–Crippen MR) is 83.4 cm³/mol. The van der Waals surface area contributed by atoms with Gasteiger partial charge < -0.3 is 15.1 Å². The van der Waals surface area contributed by atoms with Gasteiger partial charge >= 0.3 is 0 Å². The van der Waals surface area contributed by atoms with Crippen LogP contribution in [0.3, 0.4) is 0 Å². The molecule has 1 aromatic rings. The Morgan fingerprint density at radius 1 is 1.22 bits per heavy atom. The van der Waals surface area contributed by atoms with Crippen LogP contribution in [0.2, 0.25) is 0 Å². The molecular formula is C15H24N6O2. The SMILES string of the molecule is O=C(C1CNCCN1C(=O)CCCn1cncn1)N1CCCC1. The third-order valence-corrected chi connectivity index (χ3v) is 4.51. The van der Waals surface area contributed by atoms with Crippen molar-refractivity contribution in [3.63, 3.8) is 0 Å². The molecule has 0 aromatic carbocycles. The second-order valence-corrected chi connectivity index (χ2v) is 6.10. The maximum atomic E-state index is 12.6. The number of hydrogen-bond acceptors (Lipinski definition) is 5. The average Bonchev–Trinajstić information content (AvgIpc) is 3.27. The largest absolute Gasteiger partial charge is 0.341 e. The van der Waals surface area contributed by atoms with Gasteiger partial charge in [0.15, 0.2) is 0 Å².